The third kappa shape index (κ3) is 4.54. The summed E-state index contributed by atoms with van der Waals surface area (Å²) in [6, 6.07) is 14.1. The molecule has 2 aromatic rings. The monoisotopic (exact) mass is 491 g/mol. The lowest BCUT2D eigenvalue weighted by atomic mass is 10.1. The summed E-state index contributed by atoms with van der Waals surface area (Å²) in [6.45, 7) is 3.33. The molecule has 2 amide bonds. The quantitative estimate of drug-likeness (QED) is 0.716. The normalized spacial score (nSPS) is 22.4. The molecule has 2 aliphatic heterocycles. The van der Waals surface area contributed by atoms with Gasteiger partial charge in [0.05, 0.1) is 12.1 Å². The summed E-state index contributed by atoms with van der Waals surface area (Å²) >= 11 is 9.29. The van der Waals surface area contributed by atoms with E-state index in [0.717, 1.165) is 4.47 Å². The second-order valence-corrected chi connectivity index (χ2v) is 9.04. The van der Waals surface area contributed by atoms with E-state index in [-0.39, 0.29) is 17.9 Å². The van der Waals surface area contributed by atoms with E-state index in [0.29, 0.717) is 55.4 Å². The number of hydrogen-bond donors (Lipinski definition) is 1. The van der Waals surface area contributed by atoms with Gasteiger partial charge in [0.1, 0.15) is 0 Å². The highest BCUT2D eigenvalue weighted by molar-refractivity contribution is 9.10. The zero-order chi connectivity index (χ0) is 21.3. The van der Waals surface area contributed by atoms with E-state index in [9.17, 15) is 14.7 Å². The molecule has 0 radical (unpaired) electrons. The van der Waals surface area contributed by atoms with Crippen LogP contribution in [-0.4, -0.2) is 83.0 Å². The molecule has 2 heterocycles. The van der Waals surface area contributed by atoms with Crippen molar-refractivity contribution >= 4 is 39.3 Å². The number of aliphatic hydroxyl groups excluding tert-OH is 1. The molecule has 2 saturated heterocycles. The molecule has 1 N–H and O–H groups in total. The second kappa shape index (κ2) is 9.06. The van der Waals surface area contributed by atoms with E-state index < -0.39 is 6.10 Å². The van der Waals surface area contributed by atoms with Gasteiger partial charge >= 0.3 is 0 Å². The van der Waals surface area contributed by atoms with Crippen molar-refractivity contribution in [2.45, 2.75) is 12.1 Å². The highest BCUT2D eigenvalue weighted by Gasteiger charge is 2.39. The number of carbonyl (C=O) groups excluding carboxylic acids is 2. The molecule has 2 aromatic carbocycles. The van der Waals surface area contributed by atoms with Gasteiger partial charge in [-0.3, -0.25) is 14.5 Å². The molecular weight excluding hydrogens is 470 g/mol. The molecule has 8 heteroatoms. The van der Waals surface area contributed by atoms with E-state index in [1.807, 2.05) is 29.2 Å². The first-order valence-electron chi connectivity index (χ1n) is 9.94. The highest BCUT2D eigenvalue weighted by Crippen LogP contribution is 2.22. The maximum Gasteiger partial charge on any atom is 0.253 e. The summed E-state index contributed by atoms with van der Waals surface area (Å²) in [7, 11) is 0. The zero-order valence-corrected chi connectivity index (χ0v) is 18.7. The SMILES string of the molecule is O=C(c1ccc(Br)cc1)N1CCN(C2CN(C(=O)c3ccc(Cl)cc3)CC2O)CC1. The average molecular weight is 493 g/mol. The Morgan fingerprint density at radius 1 is 0.833 bits per heavy atom. The Morgan fingerprint density at radius 3 is 1.97 bits per heavy atom. The van der Waals surface area contributed by atoms with Gasteiger partial charge in [-0.05, 0) is 48.5 Å². The summed E-state index contributed by atoms with van der Waals surface area (Å²) in [5, 5.41) is 11.2. The number of likely N-dealkylation sites (tertiary alicyclic amines) is 1. The summed E-state index contributed by atoms with van der Waals surface area (Å²) in [5.74, 6) is -0.0778. The van der Waals surface area contributed by atoms with Crippen LogP contribution in [0.1, 0.15) is 20.7 Å². The molecule has 30 heavy (non-hydrogen) atoms. The zero-order valence-electron chi connectivity index (χ0n) is 16.4. The smallest absolute Gasteiger partial charge is 0.253 e. The van der Waals surface area contributed by atoms with Crippen LogP contribution in [0.4, 0.5) is 0 Å². The fourth-order valence-electron chi connectivity index (χ4n) is 4.10. The number of β-amino-alcohol motifs (C(OH)–C–C–N with tert-alkyl or cyclic N) is 1. The van der Waals surface area contributed by atoms with Crippen LogP contribution in [0.2, 0.25) is 5.02 Å². The van der Waals surface area contributed by atoms with Gasteiger partial charge in [-0.25, -0.2) is 0 Å². The van der Waals surface area contributed by atoms with Crippen LogP contribution >= 0.6 is 27.5 Å². The van der Waals surface area contributed by atoms with Gasteiger partial charge < -0.3 is 14.9 Å². The Balaban J connectivity index is 1.34. The fourth-order valence-corrected chi connectivity index (χ4v) is 4.49. The topological polar surface area (TPSA) is 64.1 Å². The van der Waals surface area contributed by atoms with E-state index in [2.05, 4.69) is 20.8 Å². The van der Waals surface area contributed by atoms with E-state index in [4.69, 9.17) is 11.6 Å². The molecule has 0 aliphatic carbocycles. The Hall–Kier alpha value is -1.93. The maximum atomic E-state index is 12.8. The molecule has 4 rings (SSSR count). The molecule has 2 unspecified atom stereocenters. The summed E-state index contributed by atoms with van der Waals surface area (Å²) in [5.41, 5.74) is 1.24. The molecule has 2 aliphatic rings. The molecule has 0 aromatic heterocycles. The van der Waals surface area contributed by atoms with Crippen LogP contribution in [0.5, 0.6) is 0 Å². The average Bonchev–Trinajstić information content (AvgIpc) is 3.15. The fraction of sp³-hybridized carbons (Fsp3) is 0.364. The van der Waals surface area contributed by atoms with Crippen molar-refractivity contribution < 1.29 is 14.7 Å². The standard InChI is InChI=1S/C22H23BrClN3O3/c23-17-5-1-15(2-6-17)21(29)26-11-9-25(10-12-26)19-13-27(14-20(19)28)22(30)16-3-7-18(24)8-4-16/h1-8,19-20,28H,9-14H2. The van der Waals surface area contributed by atoms with Crippen molar-refractivity contribution in [2.24, 2.45) is 0 Å². The Labute approximate surface area is 189 Å². The number of aliphatic hydroxyl groups is 1. The Bertz CT molecular complexity index is 914. The van der Waals surface area contributed by atoms with Crippen LogP contribution < -0.4 is 0 Å². The Kier molecular flexibility index (Phi) is 6.43. The Morgan fingerprint density at radius 2 is 1.37 bits per heavy atom. The van der Waals surface area contributed by atoms with Gasteiger partial charge in [-0.2, -0.15) is 0 Å². The van der Waals surface area contributed by atoms with Crippen LogP contribution in [-0.2, 0) is 0 Å². The molecule has 2 atom stereocenters. The summed E-state index contributed by atoms with van der Waals surface area (Å²) < 4.78 is 0.941. The number of piperazine rings is 1. The number of benzene rings is 2. The minimum absolute atomic E-state index is 0.0219. The second-order valence-electron chi connectivity index (χ2n) is 7.69. The molecule has 6 nitrogen and oxygen atoms in total. The van der Waals surface area contributed by atoms with Crippen LogP contribution in [0.25, 0.3) is 0 Å². The molecule has 0 bridgehead atoms. The van der Waals surface area contributed by atoms with E-state index >= 15 is 0 Å². The van der Waals surface area contributed by atoms with Crippen LogP contribution in [0.15, 0.2) is 53.0 Å². The lowest BCUT2D eigenvalue weighted by molar-refractivity contribution is 0.0376. The molecular formula is C22H23BrClN3O3. The van der Waals surface area contributed by atoms with Crippen molar-refractivity contribution in [3.63, 3.8) is 0 Å². The molecule has 158 valence electrons. The van der Waals surface area contributed by atoms with Crippen LogP contribution in [0.3, 0.4) is 0 Å². The van der Waals surface area contributed by atoms with Crippen molar-refractivity contribution in [2.75, 3.05) is 39.3 Å². The maximum absolute atomic E-state index is 12.8. The number of amides is 2. The number of hydrogen-bond acceptors (Lipinski definition) is 4. The van der Waals surface area contributed by atoms with E-state index in [1.165, 1.54) is 0 Å². The number of halogens is 2. The first-order valence-corrected chi connectivity index (χ1v) is 11.1. The molecule has 2 fully saturated rings. The van der Waals surface area contributed by atoms with Gasteiger partial charge in [0.25, 0.3) is 11.8 Å². The predicted molar refractivity (Wildman–Crippen MR) is 119 cm³/mol. The number of carbonyl (C=O) groups is 2. The first kappa shape index (κ1) is 21.3. The van der Waals surface area contributed by atoms with Crippen molar-refractivity contribution in [1.82, 2.24) is 14.7 Å². The van der Waals surface area contributed by atoms with Gasteiger partial charge in [0.15, 0.2) is 0 Å². The van der Waals surface area contributed by atoms with Crippen molar-refractivity contribution in [3.05, 3.63) is 69.2 Å². The summed E-state index contributed by atoms with van der Waals surface area (Å²) in [4.78, 5) is 31.2. The minimum Gasteiger partial charge on any atom is -0.390 e. The van der Waals surface area contributed by atoms with E-state index in [1.54, 1.807) is 29.2 Å². The summed E-state index contributed by atoms with van der Waals surface area (Å²) in [6.07, 6.45) is -0.602. The third-order valence-corrected chi connectivity index (χ3v) is 6.58. The molecule has 0 saturated carbocycles. The van der Waals surface area contributed by atoms with Crippen molar-refractivity contribution in [3.8, 4) is 0 Å². The minimum atomic E-state index is -0.602. The van der Waals surface area contributed by atoms with Gasteiger partial charge in [-0.15, -0.1) is 0 Å². The molecule has 0 spiro atoms. The lowest BCUT2D eigenvalue weighted by Crippen LogP contribution is -2.54. The highest BCUT2D eigenvalue weighted by atomic mass is 79.9. The largest absolute Gasteiger partial charge is 0.390 e. The number of rotatable bonds is 3. The predicted octanol–water partition coefficient (Wildman–Crippen LogP) is 2.75. The third-order valence-electron chi connectivity index (χ3n) is 5.80. The van der Waals surface area contributed by atoms with Gasteiger partial charge in [0.2, 0.25) is 0 Å². The number of nitrogens with zero attached hydrogens (tertiary/aromatic N) is 3. The lowest BCUT2D eigenvalue weighted by Gasteiger charge is -2.38. The first-order chi connectivity index (χ1) is 14.4. The van der Waals surface area contributed by atoms with Gasteiger partial charge in [0, 0.05) is 59.9 Å². The van der Waals surface area contributed by atoms with Gasteiger partial charge in [-0.1, -0.05) is 27.5 Å². The van der Waals surface area contributed by atoms with Crippen LogP contribution in [0, 0.1) is 0 Å². The van der Waals surface area contributed by atoms with Crippen molar-refractivity contribution in [1.29, 1.82) is 0 Å².